The largest absolute Gasteiger partial charge is 0.486 e. The van der Waals surface area contributed by atoms with Crippen molar-refractivity contribution in [3.8, 4) is 11.5 Å². The summed E-state index contributed by atoms with van der Waals surface area (Å²) in [5.74, 6) is 2.00. The van der Waals surface area contributed by atoms with E-state index in [0.29, 0.717) is 37.0 Å². The normalized spacial score (nSPS) is 18.9. The molecule has 0 saturated carbocycles. The first-order valence-corrected chi connectivity index (χ1v) is 7.17. The zero-order valence-electron chi connectivity index (χ0n) is 11.5. The van der Waals surface area contributed by atoms with Gasteiger partial charge in [0.2, 0.25) is 0 Å². The van der Waals surface area contributed by atoms with Crippen molar-refractivity contribution < 1.29 is 14.3 Å². The maximum Gasteiger partial charge on any atom is 0.253 e. The monoisotopic (exact) mass is 276 g/mol. The van der Waals surface area contributed by atoms with Gasteiger partial charge in [-0.15, -0.1) is 0 Å². The van der Waals surface area contributed by atoms with E-state index in [1.807, 2.05) is 17.0 Å². The van der Waals surface area contributed by atoms with Crippen LogP contribution in [0.2, 0.25) is 0 Å². The Morgan fingerprint density at radius 3 is 2.60 bits per heavy atom. The summed E-state index contributed by atoms with van der Waals surface area (Å²) in [6, 6.07) is 5.41. The van der Waals surface area contributed by atoms with Gasteiger partial charge in [0.25, 0.3) is 5.91 Å². The van der Waals surface area contributed by atoms with Crippen LogP contribution in [0.1, 0.15) is 23.2 Å². The lowest BCUT2D eigenvalue weighted by Gasteiger charge is -2.31. The van der Waals surface area contributed by atoms with Gasteiger partial charge in [-0.1, -0.05) is 0 Å². The van der Waals surface area contributed by atoms with E-state index in [-0.39, 0.29) is 5.91 Å². The molecule has 1 aromatic carbocycles. The van der Waals surface area contributed by atoms with Gasteiger partial charge in [0.15, 0.2) is 11.5 Å². The van der Waals surface area contributed by atoms with Gasteiger partial charge in [-0.25, -0.2) is 0 Å². The second-order valence-electron chi connectivity index (χ2n) is 5.33. The number of amides is 1. The molecule has 20 heavy (non-hydrogen) atoms. The molecule has 0 radical (unpaired) electrons. The molecule has 0 bridgehead atoms. The number of hydrogen-bond donors (Lipinski definition) is 1. The number of likely N-dealkylation sites (tertiary alicyclic amines) is 1. The van der Waals surface area contributed by atoms with Crippen LogP contribution in [0.3, 0.4) is 0 Å². The Labute approximate surface area is 118 Å². The standard InChI is InChI=1S/C15H20N2O3/c16-10-11-3-5-17(6-4-11)15(18)12-1-2-13-14(9-12)20-8-7-19-13/h1-2,9,11H,3-8,10,16H2. The van der Waals surface area contributed by atoms with E-state index in [1.165, 1.54) is 0 Å². The average molecular weight is 276 g/mol. The van der Waals surface area contributed by atoms with Crippen LogP contribution in [0, 0.1) is 5.92 Å². The Bertz CT molecular complexity index is 496. The van der Waals surface area contributed by atoms with Gasteiger partial charge in [0.1, 0.15) is 13.2 Å². The predicted octanol–water partition coefficient (Wildman–Crippen LogP) is 1.27. The molecule has 2 aliphatic heterocycles. The number of piperidine rings is 1. The van der Waals surface area contributed by atoms with Crippen molar-refractivity contribution in [1.82, 2.24) is 4.90 Å². The van der Waals surface area contributed by atoms with E-state index < -0.39 is 0 Å². The fourth-order valence-electron chi connectivity index (χ4n) is 2.73. The third kappa shape index (κ3) is 2.58. The molecule has 0 unspecified atom stereocenters. The number of nitrogens with two attached hydrogens (primary N) is 1. The van der Waals surface area contributed by atoms with Crippen LogP contribution < -0.4 is 15.2 Å². The minimum absolute atomic E-state index is 0.0671. The second-order valence-corrected chi connectivity index (χ2v) is 5.33. The number of carbonyl (C=O) groups excluding carboxylic acids is 1. The van der Waals surface area contributed by atoms with Crippen molar-refractivity contribution >= 4 is 5.91 Å². The molecule has 2 aliphatic rings. The fraction of sp³-hybridized carbons (Fsp3) is 0.533. The molecular formula is C15H20N2O3. The Hall–Kier alpha value is -1.75. The van der Waals surface area contributed by atoms with Crippen LogP contribution in [0.4, 0.5) is 0 Å². The fourth-order valence-corrected chi connectivity index (χ4v) is 2.73. The average Bonchev–Trinajstić information content (AvgIpc) is 2.54. The van der Waals surface area contributed by atoms with E-state index in [4.69, 9.17) is 15.2 Å². The highest BCUT2D eigenvalue weighted by molar-refractivity contribution is 5.95. The summed E-state index contributed by atoms with van der Waals surface area (Å²) in [7, 11) is 0. The van der Waals surface area contributed by atoms with E-state index in [2.05, 4.69) is 0 Å². The van der Waals surface area contributed by atoms with Crippen LogP contribution in [-0.4, -0.2) is 43.7 Å². The van der Waals surface area contributed by atoms with Crippen LogP contribution in [-0.2, 0) is 0 Å². The minimum Gasteiger partial charge on any atom is -0.486 e. The number of carbonyl (C=O) groups is 1. The Balaban J connectivity index is 1.71. The number of nitrogens with zero attached hydrogens (tertiary/aromatic N) is 1. The van der Waals surface area contributed by atoms with E-state index in [9.17, 15) is 4.79 Å². The molecule has 0 aliphatic carbocycles. The van der Waals surface area contributed by atoms with E-state index in [1.54, 1.807) is 6.07 Å². The summed E-state index contributed by atoms with van der Waals surface area (Å²) in [6.07, 6.45) is 1.99. The predicted molar refractivity (Wildman–Crippen MR) is 75.1 cm³/mol. The maximum absolute atomic E-state index is 12.5. The molecule has 2 N–H and O–H groups in total. The third-order valence-corrected chi connectivity index (χ3v) is 4.02. The van der Waals surface area contributed by atoms with Gasteiger partial charge < -0.3 is 20.1 Å². The number of ether oxygens (including phenoxy) is 2. The quantitative estimate of drug-likeness (QED) is 0.883. The summed E-state index contributed by atoms with van der Waals surface area (Å²) >= 11 is 0. The Morgan fingerprint density at radius 1 is 1.20 bits per heavy atom. The van der Waals surface area contributed by atoms with Crippen LogP contribution in [0.5, 0.6) is 11.5 Å². The Kier molecular flexibility index (Phi) is 3.78. The molecular weight excluding hydrogens is 256 g/mol. The third-order valence-electron chi connectivity index (χ3n) is 4.02. The number of fused-ring (bicyclic) bond motifs is 1. The molecule has 5 nitrogen and oxygen atoms in total. The minimum atomic E-state index is 0.0671. The highest BCUT2D eigenvalue weighted by Crippen LogP contribution is 2.31. The highest BCUT2D eigenvalue weighted by Gasteiger charge is 2.24. The first-order valence-electron chi connectivity index (χ1n) is 7.17. The van der Waals surface area contributed by atoms with Gasteiger partial charge in [0, 0.05) is 18.7 Å². The molecule has 0 spiro atoms. The first kappa shape index (κ1) is 13.2. The van der Waals surface area contributed by atoms with Gasteiger partial charge in [-0.2, -0.15) is 0 Å². The van der Waals surface area contributed by atoms with Crippen LogP contribution >= 0.6 is 0 Å². The second kappa shape index (κ2) is 5.71. The lowest BCUT2D eigenvalue weighted by atomic mass is 9.96. The van der Waals surface area contributed by atoms with Crippen molar-refractivity contribution in [3.63, 3.8) is 0 Å². The molecule has 1 fully saturated rings. The van der Waals surface area contributed by atoms with Crippen LogP contribution in [0.15, 0.2) is 18.2 Å². The van der Waals surface area contributed by atoms with E-state index >= 15 is 0 Å². The lowest BCUT2D eigenvalue weighted by molar-refractivity contribution is 0.0692. The Morgan fingerprint density at radius 2 is 1.90 bits per heavy atom. The number of hydrogen-bond acceptors (Lipinski definition) is 4. The molecule has 1 aromatic rings. The molecule has 1 saturated heterocycles. The molecule has 108 valence electrons. The summed E-state index contributed by atoms with van der Waals surface area (Å²) in [6.45, 7) is 3.38. The topological polar surface area (TPSA) is 64.8 Å². The highest BCUT2D eigenvalue weighted by atomic mass is 16.6. The number of benzene rings is 1. The SMILES string of the molecule is NCC1CCN(C(=O)c2ccc3c(c2)OCCO3)CC1. The molecule has 2 heterocycles. The van der Waals surface area contributed by atoms with Gasteiger partial charge in [0.05, 0.1) is 0 Å². The zero-order valence-corrected chi connectivity index (χ0v) is 11.5. The van der Waals surface area contributed by atoms with Crippen molar-refractivity contribution in [3.05, 3.63) is 23.8 Å². The smallest absolute Gasteiger partial charge is 0.253 e. The lowest BCUT2D eigenvalue weighted by Crippen LogP contribution is -2.40. The first-order chi connectivity index (χ1) is 9.78. The van der Waals surface area contributed by atoms with Crippen molar-refractivity contribution in [2.24, 2.45) is 11.7 Å². The van der Waals surface area contributed by atoms with E-state index in [0.717, 1.165) is 31.7 Å². The van der Waals surface area contributed by atoms with Gasteiger partial charge in [-0.05, 0) is 43.5 Å². The molecule has 0 atom stereocenters. The molecule has 3 rings (SSSR count). The van der Waals surface area contributed by atoms with Gasteiger partial charge in [-0.3, -0.25) is 4.79 Å². The van der Waals surface area contributed by atoms with Gasteiger partial charge >= 0.3 is 0 Å². The molecule has 5 heteroatoms. The summed E-state index contributed by atoms with van der Waals surface area (Å²) in [5.41, 5.74) is 6.35. The van der Waals surface area contributed by atoms with Crippen molar-refractivity contribution in [2.45, 2.75) is 12.8 Å². The van der Waals surface area contributed by atoms with Crippen molar-refractivity contribution in [2.75, 3.05) is 32.8 Å². The number of rotatable bonds is 2. The molecule has 1 amide bonds. The molecule has 0 aromatic heterocycles. The summed E-state index contributed by atoms with van der Waals surface area (Å²) < 4.78 is 11.0. The maximum atomic E-state index is 12.5. The van der Waals surface area contributed by atoms with Crippen molar-refractivity contribution in [1.29, 1.82) is 0 Å². The zero-order chi connectivity index (χ0) is 13.9. The van der Waals surface area contributed by atoms with Crippen LogP contribution in [0.25, 0.3) is 0 Å². The summed E-state index contributed by atoms with van der Waals surface area (Å²) in [4.78, 5) is 14.4. The summed E-state index contributed by atoms with van der Waals surface area (Å²) in [5, 5.41) is 0.